The van der Waals surface area contributed by atoms with Crippen LogP contribution in [0.4, 0.5) is 0 Å². The minimum Gasteiger partial charge on any atom is -0.507 e. The quantitative estimate of drug-likeness (QED) is 0.205. The molecule has 0 aromatic heterocycles. The van der Waals surface area contributed by atoms with Crippen LogP contribution in [0.2, 0.25) is 0 Å². The molecule has 2 aliphatic carbocycles. The highest BCUT2D eigenvalue weighted by Gasteiger charge is 2.49. The summed E-state index contributed by atoms with van der Waals surface area (Å²) in [5, 5.41) is 47.7. The predicted octanol–water partition coefficient (Wildman–Crippen LogP) is 0.145. The van der Waals surface area contributed by atoms with E-state index >= 15 is 0 Å². The van der Waals surface area contributed by atoms with Crippen LogP contribution in [0, 0.1) is 0 Å². The van der Waals surface area contributed by atoms with E-state index in [0.717, 1.165) is 6.92 Å². The molecule has 1 amide bonds. The Kier molecular flexibility index (Phi) is 7.58. The summed E-state index contributed by atoms with van der Waals surface area (Å²) in [6, 6.07) is 3.71. The first-order valence-electron chi connectivity index (χ1n) is 13.4. The van der Waals surface area contributed by atoms with E-state index in [0.29, 0.717) is 0 Å². The largest absolute Gasteiger partial charge is 0.507 e. The van der Waals surface area contributed by atoms with E-state index in [1.807, 2.05) is 0 Å². The van der Waals surface area contributed by atoms with Gasteiger partial charge in [-0.1, -0.05) is 12.1 Å². The zero-order chi connectivity index (χ0) is 30.7. The Labute approximate surface area is 240 Å². The molecule has 0 bridgehead atoms. The van der Waals surface area contributed by atoms with E-state index in [9.17, 15) is 39.6 Å². The number of carbonyl (C=O) groups excluding carboxylic acids is 4. The van der Waals surface area contributed by atoms with Crippen LogP contribution in [0.15, 0.2) is 18.2 Å². The number of phenols is 2. The van der Waals surface area contributed by atoms with E-state index in [1.165, 1.54) is 25.3 Å². The van der Waals surface area contributed by atoms with Crippen LogP contribution in [-0.4, -0.2) is 87.5 Å². The molecule has 42 heavy (non-hydrogen) atoms. The Morgan fingerprint density at radius 3 is 2.48 bits per heavy atom. The molecule has 0 radical (unpaired) electrons. The minimum atomic E-state index is -2.05. The Hall–Kier alpha value is -3.88. The lowest BCUT2D eigenvalue weighted by molar-refractivity contribution is -0.249. The summed E-state index contributed by atoms with van der Waals surface area (Å²) in [4.78, 5) is 51.2. The number of hydrogen-bond donors (Lipinski definition) is 6. The van der Waals surface area contributed by atoms with Gasteiger partial charge in [-0.05, 0) is 19.9 Å². The number of fused-ring (bicyclic) bond motifs is 3. The number of benzene rings is 2. The maximum Gasteiger partial charge on any atom is 0.231 e. The zero-order valence-electron chi connectivity index (χ0n) is 23.2. The van der Waals surface area contributed by atoms with Gasteiger partial charge in [-0.3, -0.25) is 19.2 Å². The molecular weight excluding hydrogens is 552 g/mol. The molecule has 5 rings (SSSR count). The molecule has 2 aromatic rings. The van der Waals surface area contributed by atoms with Crippen LogP contribution < -0.4 is 15.8 Å². The number of hydrogen-bond acceptors (Lipinski definition) is 12. The molecule has 2 aromatic carbocycles. The maximum atomic E-state index is 13.7. The van der Waals surface area contributed by atoms with Crippen molar-refractivity contribution in [1.82, 2.24) is 5.32 Å². The number of phenolic OH excluding ortho intramolecular Hbond substituents is 2. The van der Waals surface area contributed by atoms with Crippen molar-refractivity contribution in [2.45, 2.75) is 69.4 Å². The first kappa shape index (κ1) is 29.6. The first-order chi connectivity index (χ1) is 19.8. The minimum absolute atomic E-state index is 0.00277. The third-order valence-electron chi connectivity index (χ3n) is 8.29. The molecule has 0 unspecified atom stereocenters. The number of Topliss-reactive ketones (excluding diaryl/α,β-unsaturated/α-hetero) is 1. The number of aromatic hydroxyl groups is 2. The Balaban J connectivity index is 1.61. The van der Waals surface area contributed by atoms with E-state index in [2.05, 4.69) is 5.32 Å². The number of aliphatic hydroxyl groups is 2. The molecule has 1 aliphatic heterocycles. The Morgan fingerprint density at radius 1 is 1.14 bits per heavy atom. The number of nitrogens with two attached hydrogens (primary N) is 1. The van der Waals surface area contributed by atoms with Crippen LogP contribution in [0.1, 0.15) is 75.8 Å². The molecule has 7 N–H and O–H groups in total. The van der Waals surface area contributed by atoms with Crippen molar-refractivity contribution < 1.29 is 53.8 Å². The van der Waals surface area contributed by atoms with Crippen LogP contribution in [-0.2, 0) is 25.5 Å². The number of amides is 1. The fourth-order valence-corrected chi connectivity index (χ4v) is 6.06. The average Bonchev–Trinajstić information content (AvgIpc) is 2.93. The maximum absolute atomic E-state index is 13.7. The van der Waals surface area contributed by atoms with Crippen LogP contribution in [0.3, 0.4) is 0 Å². The van der Waals surface area contributed by atoms with Crippen molar-refractivity contribution >= 4 is 23.3 Å². The number of ether oxygens (including phenoxy) is 3. The molecule has 6 atom stereocenters. The highest BCUT2D eigenvalue weighted by atomic mass is 16.7. The molecule has 13 nitrogen and oxygen atoms in total. The highest BCUT2D eigenvalue weighted by molar-refractivity contribution is 6.31. The van der Waals surface area contributed by atoms with Gasteiger partial charge in [-0.15, -0.1) is 0 Å². The summed E-state index contributed by atoms with van der Waals surface area (Å²) in [6.45, 7) is 2.52. The van der Waals surface area contributed by atoms with Crippen molar-refractivity contribution in [3.8, 4) is 17.2 Å². The van der Waals surface area contributed by atoms with Crippen LogP contribution >= 0.6 is 0 Å². The summed E-state index contributed by atoms with van der Waals surface area (Å²) in [6.07, 6.45) is -5.03. The lowest BCUT2D eigenvalue weighted by Crippen LogP contribution is -2.55. The molecule has 1 fully saturated rings. The molecule has 1 saturated heterocycles. The third-order valence-corrected chi connectivity index (χ3v) is 8.29. The number of ketones is 3. The lowest BCUT2D eigenvalue weighted by atomic mass is 9.72. The van der Waals surface area contributed by atoms with Gasteiger partial charge in [0.2, 0.25) is 11.7 Å². The number of primary amides is 1. The number of aliphatic hydroxyl groups excluding tert-OH is 1. The van der Waals surface area contributed by atoms with Gasteiger partial charge in [0.15, 0.2) is 17.9 Å². The Bertz CT molecular complexity index is 1510. The first-order valence-corrected chi connectivity index (χ1v) is 13.4. The average molecular weight is 585 g/mol. The van der Waals surface area contributed by atoms with Gasteiger partial charge in [-0.2, -0.15) is 0 Å². The summed E-state index contributed by atoms with van der Waals surface area (Å²) < 4.78 is 17.3. The van der Waals surface area contributed by atoms with Crippen molar-refractivity contribution in [2.24, 2.45) is 5.73 Å². The highest BCUT2D eigenvalue weighted by Crippen LogP contribution is 2.52. The second kappa shape index (κ2) is 10.7. The van der Waals surface area contributed by atoms with Crippen LogP contribution in [0.5, 0.6) is 17.2 Å². The van der Waals surface area contributed by atoms with Gasteiger partial charge in [0, 0.05) is 42.0 Å². The van der Waals surface area contributed by atoms with E-state index in [1.54, 1.807) is 6.92 Å². The second-order valence-electron chi connectivity index (χ2n) is 10.9. The monoisotopic (exact) mass is 584 g/mol. The predicted molar refractivity (Wildman–Crippen MR) is 143 cm³/mol. The zero-order valence-corrected chi connectivity index (χ0v) is 23.2. The van der Waals surface area contributed by atoms with Gasteiger partial charge in [-0.25, -0.2) is 0 Å². The van der Waals surface area contributed by atoms with Crippen molar-refractivity contribution in [3.63, 3.8) is 0 Å². The summed E-state index contributed by atoms with van der Waals surface area (Å²) in [5.41, 5.74) is 1.94. The van der Waals surface area contributed by atoms with Gasteiger partial charge in [0.05, 0.1) is 48.7 Å². The van der Waals surface area contributed by atoms with Crippen molar-refractivity contribution in [3.05, 3.63) is 51.6 Å². The molecule has 0 spiro atoms. The standard InChI is InChI=1S/C29H32N2O11/c1-11-24(34)15(31-10-18(30)33)7-19(41-11)42-17-9-29(39,12(2)32)8-14-21(17)28(38)23-22(26(14)36)25(35)13-5-4-6-16(40-3)20(13)27(23)37/h4-6,11,15,17,19,24,31,34,36,38-39H,7-10H2,1-3H3,(H2,30,33)/t11-,15-,17-,19-,24+,29-/m0/s1. The molecule has 224 valence electrons. The topological polar surface area (TPSA) is 215 Å². The summed E-state index contributed by atoms with van der Waals surface area (Å²) >= 11 is 0. The third kappa shape index (κ3) is 4.72. The molecule has 3 aliphatic rings. The molecule has 13 heteroatoms. The fraction of sp³-hybridized carbons (Fsp3) is 0.448. The van der Waals surface area contributed by atoms with E-state index in [4.69, 9.17) is 19.9 Å². The van der Waals surface area contributed by atoms with Gasteiger partial charge in [0.1, 0.15) is 22.8 Å². The lowest BCUT2D eigenvalue weighted by Gasteiger charge is -2.42. The van der Waals surface area contributed by atoms with E-state index < -0.39 is 88.5 Å². The second-order valence-corrected chi connectivity index (χ2v) is 10.9. The van der Waals surface area contributed by atoms with Crippen LogP contribution in [0.25, 0.3) is 0 Å². The number of rotatable bonds is 7. The van der Waals surface area contributed by atoms with Crippen molar-refractivity contribution in [2.75, 3.05) is 13.7 Å². The van der Waals surface area contributed by atoms with Crippen molar-refractivity contribution in [1.29, 1.82) is 0 Å². The number of methoxy groups -OCH3 is 1. The SMILES string of the molecule is COc1cccc2c1C(=O)c1c(O)c3c(c(O)c1C2=O)C[C@@](O)(C(C)=O)C[C@@H]3O[C@H]1C[C@H](NCC(N)=O)[C@H](O)[C@H](C)O1. The number of carbonyl (C=O) groups is 4. The normalized spacial score (nSPS) is 28.5. The van der Waals surface area contributed by atoms with Gasteiger partial charge in [0.25, 0.3) is 0 Å². The fourth-order valence-electron chi connectivity index (χ4n) is 6.06. The van der Waals surface area contributed by atoms with E-state index in [-0.39, 0.29) is 47.4 Å². The molecular formula is C29H32N2O11. The number of nitrogens with one attached hydrogen (secondary N) is 1. The molecule has 0 saturated carbocycles. The smallest absolute Gasteiger partial charge is 0.231 e. The van der Waals surface area contributed by atoms with Gasteiger partial charge >= 0.3 is 0 Å². The summed E-state index contributed by atoms with van der Waals surface area (Å²) in [7, 11) is 1.33. The van der Waals surface area contributed by atoms with Gasteiger partial charge < -0.3 is 45.7 Å². The molecule has 1 heterocycles. The Morgan fingerprint density at radius 2 is 1.83 bits per heavy atom. The summed E-state index contributed by atoms with van der Waals surface area (Å²) in [5.74, 6) is -4.00.